The molecule has 18 heavy (non-hydrogen) atoms. The standard InChI is InChI=1S/C14H20N2O2/c1-10-4-3-7-16(14(10)17)9-11-8-12(15)5-6-13(11)18-2/h5-6,8,10H,3-4,7,9,15H2,1-2H3. The second-order valence-corrected chi connectivity index (χ2v) is 4.87. The van der Waals surface area contributed by atoms with Gasteiger partial charge < -0.3 is 15.4 Å². The number of anilines is 1. The van der Waals surface area contributed by atoms with Crippen molar-refractivity contribution in [2.45, 2.75) is 26.3 Å². The van der Waals surface area contributed by atoms with Crippen LogP contribution in [-0.2, 0) is 11.3 Å². The molecular formula is C14H20N2O2. The molecule has 4 heteroatoms. The number of rotatable bonds is 3. The van der Waals surface area contributed by atoms with Crippen LogP contribution in [-0.4, -0.2) is 24.5 Å². The molecule has 2 N–H and O–H groups in total. The zero-order valence-corrected chi connectivity index (χ0v) is 11.0. The van der Waals surface area contributed by atoms with E-state index in [0.717, 1.165) is 30.7 Å². The zero-order chi connectivity index (χ0) is 13.1. The Bertz CT molecular complexity index is 445. The van der Waals surface area contributed by atoms with Crippen molar-refractivity contribution in [3.8, 4) is 5.75 Å². The van der Waals surface area contributed by atoms with Crippen LogP contribution in [0.5, 0.6) is 5.75 Å². The van der Waals surface area contributed by atoms with E-state index < -0.39 is 0 Å². The quantitative estimate of drug-likeness (QED) is 0.833. The number of likely N-dealkylation sites (tertiary alicyclic amines) is 1. The van der Waals surface area contributed by atoms with Crippen LogP contribution in [0.25, 0.3) is 0 Å². The Kier molecular flexibility index (Phi) is 3.75. The van der Waals surface area contributed by atoms with E-state index in [9.17, 15) is 4.79 Å². The van der Waals surface area contributed by atoms with Crippen LogP contribution >= 0.6 is 0 Å². The molecule has 1 aliphatic rings. The third kappa shape index (κ3) is 2.58. The van der Waals surface area contributed by atoms with Crippen LogP contribution in [0.1, 0.15) is 25.3 Å². The fourth-order valence-electron chi connectivity index (χ4n) is 2.42. The lowest BCUT2D eigenvalue weighted by atomic mass is 9.98. The normalized spacial score (nSPS) is 20.0. The molecule has 2 rings (SSSR count). The number of nitrogens with two attached hydrogens (primary N) is 1. The number of carbonyl (C=O) groups excluding carboxylic acids is 1. The van der Waals surface area contributed by atoms with E-state index in [1.165, 1.54) is 0 Å². The van der Waals surface area contributed by atoms with Gasteiger partial charge in [-0.05, 0) is 31.0 Å². The van der Waals surface area contributed by atoms with Gasteiger partial charge in [0.25, 0.3) is 0 Å². The van der Waals surface area contributed by atoms with Gasteiger partial charge in [0.2, 0.25) is 5.91 Å². The second-order valence-electron chi connectivity index (χ2n) is 4.87. The van der Waals surface area contributed by atoms with E-state index in [0.29, 0.717) is 12.2 Å². The van der Waals surface area contributed by atoms with Crippen molar-refractivity contribution in [2.75, 3.05) is 19.4 Å². The molecule has 0 aliphatic carbocycles. The van der Waals surface area contributed by atoms with Gasteiger partial charge in [0.1, 0.15) is 5.75 Å². The third-order valence-electron chi connectivity index (χ3n) is 3.46. The third-order valence-corrected chi connectivity index (χ3v) is 3.46. The highest BCUT2D eigenvalue weighted by molar-refractivity contribution is 5.79. The van der Waals surface area contributed by atoms with Crippen molar-refractivity contribution in [2.24, 2.45) is 5.92 Å². The van der Waals surface area contributed by atoms with Crippen LogP contribution in [0.2, 0.25) is 0 Å². The summed E-state index contributed by atoms with van der Waals surface area (Å²) in [7, 11) is 1.63. The second kappa shape index (κ2) is 5.29. The first-order valence-electron chi connectivity index (χ1n) is 6.33. The molecule has 1 amide bonds. The minimum absolute atomic E-state index is 0.130. The fraction of sp³-hybridized carbons (Fsp3) is 0.500. The molecule has 1 aliphatic heterocycles. The minimum Gasteiger partial charge on any atom is -0.496 e. The number of nitrogens with zero attached hydrogens (tertiary/aromatic N) is 1. The average molecular weight is 248 g/mol. The summed E-state index contributed by atoms with van der Waals surface area (Å²) in [6.07, 6.45) is 2.06. The maximum absolute atomic E-state index is 12.1. The summed E-state index contributed by atoms with van der Waals surface area (Å²) in [5.41, 5.74) is 7.46. The summed E-state index contributed by atoms with van der Waals surface area (Å²) in [6.45, 7) is 3.39. The SMILES string of the molecule is COc1ccc(N)cc1CN1CCCC(C)C1=O. The number of benzene rings is 1. The molecule has 1 aromatic carbocycles. The summed E-state index contributed by atoms with van der Waals surface area (Å²) >= 11 is 0. The molecule has 1 unspecified atom stereocenters. The highest BCUT2D eigenvalue weighted by Crippen LogP contribution is 2.25. The minimum atomic E-state index is 0.130. The van der Waals surface area contributed by atoms with Crippen LogP contribution in [0.3, 0.4) is 0 Å². The van der Waals surface area contributed by atoms with Gasteiger partial charge in [0.15, 0.2) is 0 Å². The average Bonchev–Trinajstić information content (AvgIpc) is 2.35. The first kappa shape index (κ1) is 12.7. The van der Waals surface area contributed by atoms with E-state index >= 15 is 0 Å². The Morgan fingerprint density at radius 1 is 1.50 bits per heavy atom. The summed E-state index contributed by atoms with van der Waals surface area (Å²) < 4.78 is 5.31. The number of amides is 1. The van der Waals surface area contributed by atoms with Gasteiger partial charge in [-0.25, -0.2) is 0 Å². The Labute approximate surface area is 108 Å². The Morgan fingerprint density at radius 3 is 3.00 bits per heavy atom. The number of hydrogen-bond donors (Lipinski definition) is 1. The molecule has 0 spiro atoms. The van der Waals surface area contributed by atoms with Gasteiger partial charge in [0, 0.05) is 30.3 Å². The molecule has 1 fully saturated rings. The molecule has 0 bridgehead atoms. The Balaban J connectivity index is 2.17. The zero-order valence-electron chi connectivity index (χ0n) is 11.0. The summed E-state index contributed by atoms with van der Waals surface area (Å²) in [4.78, 5) is 14.0. The lowest BCUT2D eigenvalue weighted by Crippen LogP contribution is -2.39. The van der Waals surface area contributed by atoms with Crippen molar-refractivity contribution in [1.82, 2.24) is 4.90 Å². The van der Waals surface area contributed by atoms with Crippen LogP contribution in [0, 0.1) is 5.92 Å². The number of nitrogen functional groups attached to an aromatic ring is 1. The number of hydrogen-bond acceptors (Lipinski definition) is 3. The number of carbonyl (C=O) groups is 1. The molecule has 1 atom stereocenters. The van der Waals surface area contributed by atoms with E-state index in [4.69, 9.17) is 10.5 Å². The Hall–Kier alpha value is -1.71. The van der Waals surface area contributed by atoms with Crippen molar-refractivity contribution in [3.63, 3.8) is 0 Å². The molecule has 1 aromatic rings. The van der Waals surface area contributed by atoms with E-state index in [-0.39, 0.29) is 11.8 Å². The van der Waals surface area contributed by atoms with Gasteiger partial charge in [-0.1, -0.05) is 6.92 Å². The maximum atomic E-state index is 12.1. The van der Waals surface area contributed by atoms with Gasteiger partial charge in [-0.3, -0.25) is 4.79 Å². The predicted octanol–water partition coefficient (Wildman–Crippen LogP) is 2.04. The van der Waals surface area contributed by atoms with E-state index in [1.54, 1.807) is 7.11 Å². The summed E-state index contributed by atoms with van der Waals surface area (Å²) in [5, 5.41) is 0. The van der Waals surface area contributed by atoms with E-state index in [2.05, 4.69) is 0 Å². The first-order valence-corrected chi connectivity index (χ1v) is 6.33. The van der Waals surface area contributed by atoms with Crippen molar-refractivity contribution in [3.05, 3.63) is 23.8 Å². The van der Waals surface area contributed by atoms with Crippen LogP contribution < -0.4 is 10.5 Å². The topological polar surface area (TPSA) is 55.6 Å². The highest BCUT2D eigenvalue weighted by Gasteiger charge is 2.25. The largest absolute Gasteiger partial charge is 0.496 e. The van der Waals surface area contributed by atoms with Gasteiger partial charge in [0.05, 0.1) is 7.11 Å². The first-order chi connectivity index (χ1) is 8.61. The monoisotopic (exact) mass is 248 g/mol. The van der Waals surface area contributed by atoms with Crippen molar-refractivity contribution in [1.29, 1.82) is 0 Å². The Morgan fingerprint density at radius 2 is 2.28 bits per heavy atom. The fourth-order valence-corrected chi connectivity index (χ4v) is 2.42. The van der Waals surface area contributed by atoms with Gasteiger partial charge >= 0.3 is 0 Å². The highest BCUT2D eigenvalue weighted by atomic mass is 16.5. The van der Waals surface area contributed by atoms with Crippen LogP contribution in [0.4, 0.5) is 5.69 Å². The maximum Gasteiger partial charge on any atom is 0.225 e. The van der Waals surface area contributed by atoms with Crippen molar-refractivity contribution < 1.29 is 9.53 Å². The molecule has 1 heterocycles. The molecular weight excluding hydrogens is 228 g/mol. The molecule has 0 saturated carbocycles. The predicted molar refractivity (Wildman–Crippen MR) is 71.2 cm³/mol. The lowest BCUT2D eigenvalue weighted by molar-refractivity contribution is -0.138. The summed E-state index contributed by atoms with van der Waals surface area (Å²) in [6, 6.07) is 5.54. The molecule has 1 saturated heterocycles. The summed E-state index contributed by atoms with van der Waals surface area (Å²) in [5.74, 6) is 1.15. The number of methoxy groups -OCH3 is 1. The van der Waals surface area contributed by atoms with Crippen LogP contribution in [0.15, 0.2) is 18.2 Å². The number of ether oxygens (including phenoxy) is 1. The van der Waals surface area contributed by atoms with Crippen molar-refractivity contribution >= 4 is 11.6 Å². The number of piperidine rings is 1. The lowest BCUT2D eigenvalue weighted by Gasteiger charge is -2.31. The molecule has 4 nitrogen and oxygen atoms in total. The molecule has 98 valence electrons. The van der Waals surface area contributed by atoms with Gasteiger partial charge in [-0.15, -0.1) is 0 Å². The van der Waals surface area contributed by atoms with E-state index in [1.807, 2.05) is 30.0 Å². The van der Waals surface area contributed by atoms with Gasteiger partial charge in [-0.2, -0.15) is 0 Å². The smallest absolute Gasteiger partial charge is 0.225 e. The molecule has 0 aromatic heterocycles. The molecule has 0 radical (unpaired) electrons.